The van der Waals surface area contributed by atoms with Crippen molar-refractivity contribution in [3.05, 3.63) is 81.9 Å². The number of aryl methyl sites for hydroxylation is 4. The van der Waals surface area contributed by atoms with Crippen LogP contribution in [-0.4, -0.2) is 26.0 Å². The lowest BCUT2D eigenvalue weighted by Gasteiger charge is -2.16. The number of anilines is 2. The minimum absolute atomic E-state index is 0.272. The monoisotopic (exact) mass is 432 g/mol. The van der Waals surface area contributed by atoms with Crippen LogP contribution in [0.2, 0.25) is 0 Å². The molecule has 0 atom stereocenters. The molecule has 0 aromatic heterocycles. The fourth-order valence-electron chi connectivity index (χ4n) is 3.37. The first-order valence-electron chi connectivity index (χ1n) is 10.3. The molecule has 0 saturated heterocycles. The maximum Gasteiger partial charge on any atom is 0.259 e. The number of ether oxygens (including phenoxy) is 2. The summed E-state index contributed by atoms with van der Waals surface area (Å²) < 4.78 is 10.9. The van der Waals surface area contributed by atoms with Crippen molar-refractivity contribution in [3.8, 4) is 11.5 Å². The Bertz CT molecular complexity index is 1090. The second-order valence-corrected chi connectivity index (χ2v) is 7.80. The van der Waals surface area contributed by atoms with Gasteiger partial charge in [0.05, 0.1) is 25.3 Å². The van der Waals surface area contributed by atoms with E-state index in [2.05, 4.69) is 10.6 Å². The van der Waals surface area contributed by atoms with Crippen molar-refractivity contribution in [1.29, 1.82) is 0 Å². The molecule has 0 spiro atoms. The maximum atomic E-state index is 13.0. The van der Waals surface area contributed by atoms with Crippen LogP contribution in [0, 0.1) is 27.7 Å². The summed E-state index contributed by atoms with van der Waals surface area (Å²) in [5, 5.41) is 5.84. The molecular weight excluding hydrogens is 404 g/mol. The van der Waals surface area contributed by atoms with Crippen LogP contribution in [0.3, 0.4) is 0 Å². The highest BCUT2D eigenvalue weighted by atomic mass is 16.5. The lowest BCUT2D eigenvalue weighted by atomic mass is 10.1. The third kappa shape index (κ3) is 4.91. The first kappa shape index (κ1) is 22.9. The Morgan fingerprint density at radius 1 is 0.625 bits per heavy atom. The average Bonchev–Trinajstić information content (AvgIpc) is 2.77. The number of benzene rings is 3. The SMILES string of the molecule is COc1cc(C(=O)Nc2cc(C)ccc2C)c(OC)cc1C(=O)Nc1cc(C)ccc1C. The third-order valence-electron chi connectivity index (χ3n) is 5.29. The molecule has 0 aliphatic rings. The van der Waals surface area contributed by atoms with E-state index in [1.807, 2.05) is 64.1 Å². The lowest BCUT2D eigenvalue weighted by molar-refractivity contribution is 0.101. The zero-order valence-corrected chi connectivity index (χ0v) is 19.3. The predicted molar refractivity (Wildman–Crippen MR) is 127 cm³/mol. The van der Waals surface area contributed by atoms with Crippen molar-refractivity contribution in [1.82, 2.24) is 0 Å². The maximum absolute atomic E-state index is 13.0. The predicted octanol–water partition coefficient (Wildman–Crippen LogP) is 5.44. The van der Waals surface area contributed by atoms with Crippen molar-refractivity contribution < 1.29 is 19.1 Å². The second kappa shape index (κ2) is 9.56. The highest BCUT2D eigenvalue weighted by molar-refractivity contribution is 6.11. The molecule has 3 rings (SSSR count). The van der Waals surface area contributed by atoms with Crippen LogP contribution in [-0.2, 0) is 0 Å². The lowest BCUT2D eigenvalue weighted by Crippen LogP contribution is -2.18. The van der Waals surface area contributed by atoms with Crippen molar-refractivity contribution >= 4 is 23.2 Å². The van der Waals surface area contributed by atoms with Gasteiger partial charge in [-0.2, -0.15) is 0 Å². The van der Waals surface area contributed by atoms with Gasteiger partial charge >= 0.3 is 0 Å². The standard InChI is InChI=1S/C26H28N2O4/c1-15-7-9-17(3)21(11-15)27-25(29)19-13-24(32-6)20(14-23(19)31-5)26(30)28-22-12-16(2)8-10-18(22)4/h7-14H,1-6H3,(H,27,29)(H,28,30). The van der Waals surface area contributed by atoms with Gasteiger partial charge in [-0.1, -0.05) is 24.3 Å². The van der Waals surface area contributed by atoms with Gasteiger partial charge < -0.3 is 20.1 Å². The van der Waals surface area contributed by atoms with Crippen LogP contribution in [0.5, 0.6) is 11.5 Å². The van der Waals surface area contributed by atoms with Gasteiger partial charge in [-0.25, -0.2) is 0 Å². The van der Waals surface area contributed by atoms with Gasteiger partial charge in [0.1, 0.15) is 11.5 Å². The molecule has 3 aromatic rings. The summed E-state index contributed by atoms with van der Waals surface area (Å²) in [6.45, 7) is 7.77. The molecule has 0 aliphatic heterocycles. The molecule has 0 unspecified atom stereocenters. The molecule has 2 amide bonds. The summed E-state index contributed by atoms with van der Waals surface area (Å²) in [6.07, 6.45) is 0. The molecule has 2 N–H and O–H groups in total. The summed E-state index contributed by atoms with van der Waals surface area (Å²) in [4.78, 5) is 26.1. The Kier molecular flexibility index (Phi) is 6.83. The molecule has 0 aliphatic carbocycles. The number of amides is 2. The summed E-state index contributed by atoms with van der Waals surface area (Å²) in [6, 6.07) is 14.7. The quantitative estimate of drug-likeness (QED) is 0.544. The molecule has 166 valence electrons. The Balaban J connectivity index is 1.95. The number of hydrogen-bond acceptors (Lipinski definition) is 4. The van der Waals surface area contributed by atoms with E-state index in [9.17, 15) is 9.59 Å². The van der Waals surface area contributed by atoms with Crippen LogP contribution in [0.1, 0.15) is 43.0 Å². The van der Waals surface area contributed by atoms with Gasteiger partial charge in [0, 0.05) is 11.4 Å². The van der Waals surface area contributed by atoms with Crippen molar-refractivity contribution in [2.24, 2.45) is 0 Å². The van der Waals surface area contributed by atoms with Crippen molar-refractivity contribution in [2.45, 2.75) is 27.7 Å². The normalized spacial score (nSPS) is 10.4. The zero-order chi connectivity index (χ0) is 23.4. The van der Waals surface area contributed by atoms with Gasteiger partial charge in [0.2, 0.25) is 0 Å². The molecular formula is C26H28N2O4. The van der Waals surface area contributed by atoms with Gasteiger partial charge in [-0.15, -0.1) is 0 Å². The number of rotatable bonds is 6. The summed E-state index contributed by atoms with van der Waals surface area (Å²) in [7, 11) is 2.92. The molecule has 0 bridgehead atoms. The molecule has 6 heteroatoms. The number of hydrogen-bond donors (Lipinski definition) is 2. The molecule has 32 heavy (non-hydrogen) atoms. The van der Waals surface area contributed by atoms with E-state index in [-0.39, 0.29) is 34.4 Å². The third-order valence-corrected chi connectivity index (χ3v) is 5.29. The highest BCUT2D eigenvalue weighted by Crippen LogP contribution is 2.31. The Morgan fingerprint density at radius 3 is 1.34 bits per heavy atom. The fourth-order valence-corrected chi connectivity index (χ4v) is 3.37. The Morgan fingerprint density at radius 2 is 1.00 bits per heavy atom. The Labute approximate surface area is 188 Å². The van der Waals surface area contributed by atoms with E-state index < -0.39 is 0 Å². The van der Waals surface area contributed by atoms with Crippen LogP contribution >= 0.6 is 0 Å². The molecule has 0 heterocycles. The average molecular weight is 433 g/mol. The molecule has 6 nitrogen and oxygen atoms in total. The van der Waals surface area contributed by atoms with E-state index in [1.54, 1.807) is 0 Å². The zero-order valence-electron chi connectivity index (χ0n) is 19.3. The van der Waals surface area contributed by atoms with E-state index >= 15 is 0 Å². The van der Waals surface area contributed by atoms with E-state index in [1.165, 1.54) is 26.4 Å². The van der Waals surface area contributed by atoms with E-state index in [4.69, 9.17) is 9.47 Å². The fraction of sp³-hybridized carbons (Fsp3) is 0.231. The van der Waals surface area contributed by atoms with E-state index in [0.717, 1.165) is 22.3 Å². The summed E-state index contributed by atoms with van der Waals surface area (Å²) in [5.41, 5.74) is 5.93. The Hall–Kier alpha value is -3.80. The topological polar surface area (TPSA) is 76.7 Å². The summed E-state index contributed by atoms with van der Waals surface area (Å²) in [5.74, 6) is -0.148. The molecule has 0 fully saturated rings. The van der Waals surface area contributed by atoms with Gasteiger partial charge in [-0.05, 0) is 74.2 Å². The number of carbonyl (C=O) groups excluding carboxylic acids is 2. The van der Waals surface area contributed by atoms with Gasteiger partial charge in [-0.3, -0.25) is 9.59 Å². The van der Waals surface area contributed by atoms with Crippen molar-refractivity contribution in [3.63, 3.8) is 0 Å². The summed E-state index contributed by atoms with van der Waals surface area (Å²) >= 11 is 0. The number of methoxy groups -OCH3 is 2. The number of carbonyl (C=O) groups is 2. The van der Waals surface area contributed by atoms with E-state index in [0.29, 0.717) is 11.4 Å². The molecule has 3 aromatic carbocycles. The number of nitrogens with one attached hydrogen (secondary N) is 2. The minimum atomic E-state index is -0.352. The van der Waals surface area contributed by atoms with Crippen molar-refractivity contribution in [2.75, 3.05) is 24.9 Å². The molecule has 0 radical (unpaired) electrons. The largest absolute Gasteiger partial charge is 0.496 e. The van der Waals surface area contributed by atoms with Gasteiger partial charge in [0.15, 0.2) is 0 Å². The molecule has 0 saturated carbocycles. The van der Waals surface area contributed by atoms with Crippen LogP contribution < -0.4 is 20.1 Å². The van der Waals surface area contributed by atoms with Gasteiger partial charge in [0.25, 0.3) is 11.8 Å². The highest BCUT2D eigenvalue weighted by Gasteiger charge is 2.22. The minimum Gasteiger partial charge on any atom is -0.496 e. The smallest absolute Gasteiger partial charge is 0.259 e. The van der Waals surface area contributed by atoms with Crippen LogP contribution in [0.25, 0.3) is 0 Å². The first-order valence-corrected chi connectivity index (χ1v) is 10.3. The van der Waals surface area contributed by atoms with Crippen LogP contribution in [0.15, 0.2) is 48.5 Å². The second-order valence-electron chi connectivity index (χ2n) is 7.80. The van der Waals surface area contributed by atoms with Crippen LogP contribution in [0.4, 0.5) is 11.4 Å². The first-order chi connectivity index (χ1) is 15.2.